The van der Waals surface area contributed by atoms with E-state index in [9.17, 15) is 0 Å². The van der Waals surface area contributed by atoms with Gasteiger partial charge in [-0.1, -0.05) is 12.1 Å². The fraction of sp³-hybridized carbons (Fsp3) is 0.500. The third-order valence-electron chi connectivity index (χ3n) is 2.95. The van der Waals surface area contributed by atoms with E-state index in [1.165, 1.54) is 26.2 Å². The highest BCUT2D eigenvalue weighted by atomic mass is 79.9. The number of ether oxygens (including phenoxy) is 1. The Labute approximate surface area is 105 Å². The maximum Gasteiger partial charge on any atom is 0.137 e. The second kappa shape index (κ2) is 6.23. The smallest absolute Gasteiger partial charge is 0.137 e. The summed E-state index contributed by atoms with van der Waals surface area (Å²) in [5, 5.41) is 2.39. The van der Waals surface area contributed by atoms with Crippen molar-refractivity contribution in [2.24, 2.45) is 0 Å². The molecule has 0 atom stereocenters. The van der Waals surface area contributed by atoms with E-state index in [1.54, 1.807) is 4.90 Å². The molecule has 0 aromatic heterocycles. The van der Waals surface area contributed by atoms with Crippen molar-refractivity contribution in [2.75, 3.05) is 39.3 Å². The first kappa shape index (κ1) is 11.9. The van der Waals surface area contributed by atoms with Crippen molar-refractivity contribution in [3.05, 3.63) is 28.7 Å². The number of quaternary nitrogens is 2. The lowest BCUT2D eigenvalue weighted by atomic mass is 10.3. The molecule has 1 fully saturated rings. The van der Waals surface area contributed by atoms with Gasteiger partial charge in [0.2, 0.25) is 0 Å². The van der Waals surface area contributed by atoms with Gasteiger partial charge in [0.1, 0.15) is 45.1 Å². The van der Waals surface area contributed by atoms with Gasteiger partial charge in [-0.2, -0.15) is 0 Å². The highest BCUT2D eigenvalue weighted by Crippen LogP contribution is 2.23. The van der Waals surface area contributed by atoms with Crippen LogP contribution in [0.5, 0.6) is 5.75 Å². The highest BCUT2D eigenvalue weighted by Gasteiger charge is 2.14. The molecule has 1 saturated heterocycles. The maximum atomic E-state index is 5.76. The quantitative estimate of drug-likeness (QED) is 0.753. The zero-order chi connectivity index (χ0) is 11.2. The molecule has 3 nitrogen and oxygen atoms in total. The van der Waals surface area contributed by atoms with Crippen LogP contribution < -0.4 is 15.0 Å². The number of benzene rings is 1. The van der Waals surface area contributed by atoms with Crippen LogP contribution in [0.2, 0.25) is 0 Å². The number of halogens is 1. The molecule has 3 N–H and O–H groups in total. The topological polar surface area (TPSA) is 30.3 Å². The molecule has 16 heavy (non-hydrogen) atoms. The van der Waals surface area contributed by atoms with Gasteiger partial charge in [0.05, 0.1) is 4.47 Å². The largest absolute Gasteiger partial charge is 0.487 e. The third kappa shape index (κ3) is 3.47. The lowest BCUT2D eigenvalue weighted by Crippen LogP contribution is -3.20. The van der Waals surface area contributed by atoms with Crippen LogP contribution in [0.25, 0.3) is 0 Å². The molecular formula is C12H19BrN2O+2. The monoisotopic (exact) mass is 286 g/mol. The summed E-state index contributed by atoms with van der Waals surface area (Å²) in [4.78, 5) is 1.66. The van der Waals surface area contributed by atoms with Crippen molar-refractivity contribution in [3.63, 3.8) is 0 Å². The third-order valence-corrected chi connectivity index (χ3v) is 3.61. The summed E-state index contributed by atoms with van der Waals surface area (Å²) in [6.07, 6.45) is 0. The van der Waals surface area contributed by atoms with Gasteiger partial charge in [0.25, 0.3) is 0 Å². The van der Waals surface area contributed by atoms with Crippen molar-refractivity contribution in [2.45, 2.75) is 0 Å². The Hall–Kier alpha value is -0.580. The summed E-state index contributed by atoms with van der Waals surface area (Å²) in [6, 6.07) is 8.02. The Morgan fingerprint density at radius 1 is 1.25 bits per heavy atom. The van der Waals surface area contributed by atoms with Gasteiger partial charge >= 0.3 is 0 Å². The van der Waals surface area contributed by atoms with Crippen molar-refractivity contribution in [3.8, 4) is 5.75 Å². The van der Waals surface area contributed by atoms with E-state index in [-0.39, 0.29) is 0 Å². The number of hydrogen-bond acceptors (Lipinski definition) is 1. The summed E-state index contributed by atoms with van der Waals surface area (Å²) < 4.78 is 6.80. The molecule has 1 heterocycles. The van der Waals surface area contributed by atoms with E-state index in [2.05, 4.69) is 21.2 Å². The molecule has 0 aliphatic carbocycles. The van der Waals surface area contributed by atoms with Crippen molar-refractivity contribution in [1.82, 2.24) is 0 Å². The van der Waals surface area contributed by atoms with Crippen LogP contribution in [0.1, 0.15) is 0 Å². The lowest BCUT2D eigenvalue weighted by molar-refractivity contribution is -0.946. The number of para-hydroxylation sites is 1. The van der Waals surface area contributed by atoms with Crippen LogP contribution in [-0.4, -0.2) is 39.3 Å². The Bertz CT molecular complexity index is 327. The molecule has 1 aromatic carbocycles. The van der Waals surface area contributed by atoms with Gasteiger partial charge in [0, 0.05) is 0 Å². The SMILES string of the molecule is Brc1ccccc1OCC[NH+]1CC[NH2+]CC1. The summed E-state index contributed by atoms with van der Waals surface area (Å²) in [6.45, 7) is 6.94. The first-order valence-corrected chi connectivity index (χ1v) is 6.68. The zero-order valence-corrected chi connectivity index (χ0v) is 11.0. The standard InChI is InChI=1S/C12H17BrN2O/c13-11-3-1-2-4-12(11)16-10-9-15-7-5-14-6-8-15/h1-4,14H,5-10H2/p+2. The van der Waals surface area contributed by atoms with E-state index < -0.39 is 0 Å². The van der Waals surface area contributed by atoms with Gasteiger partial charge in [0.15, 0.2) is 0 Å². The van der Waals surface area contributed by atoms with Crippen molar-refractivity contribution >= 4 is 15.9 Å². The predicted octanol–water partition coefficient (Wildman–Crippen LogP) is -0.710. The molecule has 0 spiro atoms. The van der Waals surface area contributed by atoms with Gasteiger partial charge in [-0.3, -0.25) is 0 Å². The fourth-order valence-corrected chi connectivity index (χ4v) is 2.40. The molecule has 88 valence electrons. The molecule has 4 heteroatoms. The minimum absolute atomic E-state index is 0.804. The molecule has 2 rings (SSSR count). The van der Waals surface area contributed by atoms with Crippen LogP contribution in [0.4, 0.5) is 0 Å². The summed E-state index contributed by atoms with van der Waals surface area (Å²) >= 11 is 3.49. The van der Waals surface area contributed by atoms with Gasteiger partial charge in [-0.15, -0.1) is 0 Å². The molecular weight excluding hydrogens is 268 g/mol. The summed E-state index contributed by atoms with van der Waals surface area (Å²) in [5.74, 6) is 0.950. The average molecular weight is 287 g/mol. The van der Waals surface area contributed by atoms with Gasteiger partial charge in [-0.05, 0) is 28.1 Å². The van der Waals surface area contributed by atoms with Crippen LogP contribution in [-0.2, 0) is 0 Å². The van der Waals surface area contributed by atoms with Crippen LogP contribution in [0.3, 0.4) is 0 Å². The Morgan fingerprint density at radius 2 is 2.00 bits per heavy atom. The molecule has 1 aliphatic rings. The first-order chi connectivity index (χ1) is 7.86. The molecule has 1 aliphatic heterocycles. The molecule has 0 amide bonds. The summed E-state index contributed by atoms with van der Waals surface area (Å²) in [7, 11) is 0. The van der Waals surface area contributed by atoms with E-state index in [0.717, 1.165) is 23.4 Å². The van der Waals surface area contributed by atoms with E-state index >= 15 is 0 Å². The van der Waals surface area contributed by atoms with Crippen LogP contribution in [0, 0.1) is 0 Å². The maximum absolute atomic E-state index is 5.76. The number of nitrogens with two attached hydrogens (primary N) is 1. The van der Waals surface area contributed by atoms with Crippen molar-refractivity contribution in [1.29, 1.82) is 0 Å². The van der Waals surface area contributed by atoms with Crippen molar-refractivity contribution < 1.29 is 15.0 Å². The Morgan fingerprint density at radius 3 is 2.75 bits per heavy atom. The predicted molar refractivity (Wildman–Crippen MR) is 66.9 cm³/mol. The minimum atomic E-state index is 0.804. The average Bonchev–Trinajstić information content (AvgIpc) is 2.33. The number of nitrogens with one attached hydrogen (secondary N) is 1. The second-order valence-electron chi connectivity index (χ2n) is 4.14. The zero-order valence-electron chi connectivity index (χ0n) is 9.42. The Balaban J connectivity index is 1.73. The molecule has 1 aromatic rings. The summed E-state index contributed by atoms with van der Waals surface area (Å²) in [5.41, 5.74) is 0. The normalized spacial score (nSPS) is 17.3. The van der Waals surface area contributed by atoms with E-state index in [1.807, 2.05) is 24.3 Å². The second-order valence-corrected chi connectivity index (χ2v) is 5.00. The van der Waals surface area contributed by atoms with Crippen LogP contribution in [0.15, 0.2) is 28.7 Å². The molecule has 0 radical (unpaired) electrons. The fourth-order valence-electron chi connectivity index (χ4n) is 2.00. The van der Waals surface area contributed by atoms with Gasteiger partial charge in [-0.25, -0.2) is 0 Å². The molecule has 0 saturated carbocycles. The molecule has 0 bridgehead atoms. The van der Waals surface area contributed by atoms with Crippen LogP contribution >= 0.6 is 15.9 Å². The Kier molecular flexibility index (Phi) is 4.63. The van der Waals surface area contributed by atoms with Gasteiger partial charge < -0.3 is 15.0 Å². The number of hydrogen-bond donors (Lipinski definition) is 2. The number of piperazine rings is 1. The lowest BCUT2D eigenvalue weighted by Gasteiger charge is -2.22. The molecule has 0 unspecified atom stereocenters. The number of rotatable bonds is 4. The van der Waals surface area contributed by atoms with E-state index in [0.29, 0.717) is 0 Å². The van der Waals surface area contributed by atoms with E-state index in [4.69, 9.17) is 4.74 Å². The first-order valence-electron chi connectivity index (χ1n) is 5.89. The highest BCUT2D eigenvalue weighted by molar-refractivity contribution is 9.10. The minimum Gasteiger partial charge on any atom is -0.487 e.